The number of aliphatic imine (C=N–C) groups is 1. The van der Waals surface area contributed by atoms with Crippen LogP contribution in [0.4, 0.5) is 4.79 Å². The summed E-state index contributed by atoms with van der Waals surface area (Å²) in [4.78, 5) is 40.7. The van der Waals surface area contributed by atoms with E-state index in [-0.39, 0.29) is 30.8 Å². The van der Waals surface area contributed by atoms with Gasteiger partial charge in [-0.05, 0) is 67.3 Å². The highest BCUT2D eigenvalue weighted by Crippen LogP contribution is 2.42. The highest BCUT2D eigenvalue weighted by Gasteiger charge is 2.36. The Kier molecular flexibility index (Phi) is 11.0. The van der Waals surface area contributed by atoms with Gasteiger partial charge < -0.3 is 24.6 Å². The number of nitrogens with zero attached hydrogens (tertiary/aromatic N) is 5. The number of amides is 2. The van der Waals surface area contributed by atoms with Gasteiger partial charge in [-0.15, -0.1) is 0 Å². The summed E-state index contributed by atoms with van der Waals surface area (Å²) < 4.78 is 10.6. The second kappa shape index (κ2) is 14.6. The van der Waals surface area contributed by atoms with Crippen LogP contribution >= 0.6 is 11.6 Å². The Morgan fingerprint density at radius 2 is 1.98 bits per heavy atom. The number of pyridine rings is 1. The molecule has 230 valence electrons. The van der Waals surface area contributed by atoms with Gasteiger partial charge in [-0.25, -0.2) is 4.79 Å². The summed E-state index contributed by atoms with van der Waals surface area (Å²) in [6.45, 7) is 7.89. The molecule has 1 fully saturated rings. The second-order valence-corrected chi connectivity index (χ2v) is 11.2. The number of carbonyl (C=O) groups excluding carboxylic acids is 2. The lowest BCUT2D eigenvalue weighted by Gasteiger charge is -2.39. The zero-order valence-electron chi connectivity index (χ0n) is 25.7. The summed E-state index contributed by atoms with van der Waals surface area (Å²) >= 11 is 6.65. The minimum Gasteiger partial charge on any atom is -0.447 e. The van der Waals surface area contributed by atoms with Gasteiger partial charge >= 0.3 is 6.09 Å². The van der Waals surface area contributed by atoms with E-state index in [4.69, 9.17) is 26.1 Å². The van der Waals surface area contributed by atoms with E-state index in [0.29, 0.717) is 31.2 Å². The number of ether oxygens (including phenoxy) is 2. The normalized spacial score (nSPS) is 18.0. The van der Waals surface area contributed by atoms with Crippen molar-refractivity contribution in [3.63, 3.8) is 0 Å². The number of allylic oxidation sites excluding steroid dienone is 1. The zero-order chi connectivity index (χ0) is 31.1. The maximum absolute atomic E-state index is 13.0. The molecule has 2 aliphatic rings. The average molecular weight is 609 g/mol. The van der Waals surface area contributed by atoms with E-state index >= 15 is 0 Å². The molecule has 2 aromatic rings. The molecular weight excluding hydrogens is 568 g/mol. The fraction of sp³-hybridized carbons (Fsp3) is 0.438. The molecule has 0 saturated carbocycles. The van der Waals surface area contributed by atoms with Gasteiger partial charge in [0.2, 0.25) is 5.91 Å². The van der Waals surface area contributed by atoms with Crippen molar-refractivity contribution in [2.45, 2.75) is 39.0 Å². The molecule has 0 spiro atoms. The third-order valence-corrected chi connectivity index (χ3v) is 7.75. The van der Waals surface area contributed by atoms with Crippen molar-refractivity contribution in [1.29, 1.82) is 0 Å². The van der Waals surface area contributed by atoms with Crippen LogP contribution in [0, 0.1) is 0 Å². The fourth-order valence-corrected chi connectivity index (χ4v) is 5.87. The first kappa shape index (κ1) is 32.2. The number of nitrogens with one attached hydrogen (secondary N) is 1. The molecule has 1 aromatic carbocycles. The number of halogens is 1. The Balaban J connectivity index is 1.84. The standard InChI is InChI=1S/C32H41ClN6O4/c1-7-27(37(5)20-34-4)30(36-28(40)19-42-6)26-17-22-9-8-12-35-29(22)31(24-11-10-23(33)18-25(24)26)38-13-15-39(16-14-38)32(41)43-21(2)3/h7-12,17-18,20-21,30-31H,13-16,19H2,1-6H3,(H,36,40)/b27-7+,34-20-. The summed E-state index contributed by atoms with van der Waals surface area (Å²) in [7, 11) is 5.10. The van der Waals surface area contributed by atoms with Crippen LogP contribution in [0.2, 0.25) is 5.02 Å². The van der Waals surface area contributed by atoms with Gasteiger partial charge in [-0.3, -0.25) is 19.7 Å². The van der Waals surface area contributed by atoms with Crippen LogP contribution in [0.3, 0.4) is 0 Å². The first-order valence-corrected chi connectivity index (χ1v) is 14.8. The molecule has 1 aromatic heterocycles. The molecule has 4 rings (SSSR count). The van der Waals surface area contributed by atoms with E-state index in [2.05, 4.69) is 21.3 Å². The highest BCUT2D eigenvalue weighted by atomic mass is 35.5. The molecular formula is C32H41ClN6O4. The number of piperazine rings is 1. The largest absolute Gasteiger partial charge is 0.447 e. The van der Waals surface area contributed by atoms with Crippen molar-refractivity contribution in [3.8, 4) is 0 Å². The van der Waals surface area contributed by atoms with Crippen LogP contribution in [0.5, 0.6) is 0 Å². The molecule has 2 amide bonds. The maximum Gasteiger partial charge on any atom is 0.410 e. The third-order valence-electron chi connectivity index (χ3n) is 7.52. The predicted octanol–water partition coefficient (Wildman–Crippen LogP) is 4.47. The number of carbonyl (C=O) groups is 2. The summed E-state index contributed by atoms with van der Waals surface area (Å²) in [6, 6.07) is 9.08. The van der Waals surface area contributed by atoms with Gasteiger partial charge in [0, 0.05) is 64.3 Å². The molecule has 43 heavy (non-hydrogen) atoms. The molecule has 2 heterocycles. The number of rotatable bonds is 9. The van der Waals surface area contributed by atoms with E-state index in [1.807, 2.05) is 69.1 Å². The lowest BCUT2D eigenvalue weighted by molar-refractivity contribution is -0.124. The molecule has 0 bridgehead atoms. The Morgan fingerprint density at radius 3 is 2.63 bits per heavy atom. The number of hydrogen-bond acceptors (Lipinski definition) is 7. The first-order chi connectivity index (χ1) is 20.7. The monoisotopic (exact) mass is 608 g/mol. The molecule has 2 unspecified atom stereocenters. The lowest BCUT2D eigenvalue weighted by atomic mass is 9.89. The third kappa shape index (κ3) is 7.44. The van der Waals surface area contributed by atoms with Gasteiger partial charge in [-0.2, -0.15) is 0 Å². The van der Waals surface area contributed by atoms with Gasteiger partial charge in [0.05, 0.1) is 30.2 Å². The summed E-state index contributed by atoms with van der Waals surface area (Å²) in [5.74, 6) is -0.255. The van der Waals surface area contributed by atoms with Crippen molar-refractivity contribution in [2.24, 2.45) is 4.99 Å². The van der Waals surface area contributed by atoms with Crippen LogP contribution in [-0.4, -0.2) is 104 Å². The van der Waals surface area contributed by atoms with Crippen LogP contribution in [-0.2, 0) is 14.3 Å². The minimum atomic E-state index is -0.553. The van der Waals surface area contributed by atoms with Crippen molar-refractivity contribution in [1.82, 2.24) is 25.0 Å². The first-order valence-electron chi connectivity index (χ1n) is 14.4. The molecule has 11 heteroatoms. The molecule has 1 saturated heterocycles. The number of likely N-dealkylation sites (N-methyl/N-ethyl adjacent to an activating group) is 1. The number of hydrogen-bond donors (Lipinski definition) is 1. The Hall–Kier alpha value is -3.73. The van der Waals surface area contributed by atoms with Crippen molar-refractivity contribution >= 4 is 41.6 Å². The molecule has 0 radical (unpaired) electrons. The van der Waals surface area contributed by atoms with E-state index < -0.39 is 6.04 Å². The van der Waals surface area contributed by atoms with Crippen LogP contribution in [0.25, 0.3) is 11.6 Å². The van der Waals surface area contributed by atoms with Crippen molar-refractivity contribution in [2.75, 3.05) is 54.0 Å². The van der Waals surface area contributed by atoms with Crippen molar-refractivity contribution < 1.29 is 19.1 Å². The lowest BCUT2D eigenvalue weighted by Crippen LogP contribution is -2.50. The Labute approximate surface area is 259 Å². The quantitative estimate of drug-likeness (QED) is 0.331. The number of benzene rings is 1. The summed E-state index contributed by atoms with van der Waals surface area (Å²) in [5.41, 5.74) is 5.44. The van der Waals surface area contributed by atoms with Crippen LogP contribution in [0.15, 0.2) is 53.3 Å². The Morgan fingerprint density at radius 1 is 1.23 bits per heavy atom. The van der Waals surface area contributed by atoms with E-state index in [9.17, 15) is 9.59 Å². The van der Waals surface area contributed by atoms with E-state index in [1.165, 1.54) is 7.11 Å². The molecule has 1 aliphatic carbocycles. The van der Waals surface area contributed by atoms with Gasteiger partial charge in [0.1, 0.15) is 6.61 Å². The van der Waals surface area contributed by atoms with Gasteiger partial charge in [0.15, 0.2) is 0 Å². The summed E-state index contributed by atoms with van der Waals surface area (Å²) in [6.07, 6.45) is 7.10. The summed E-state index contributed by atoms with van der Waals surface area (Å²) in [5, 5.41) is 3.77. The maximum atomic E-state index is 13.0. The average Bonchev–Trinajstić information content (AvgIpc) is 3.11. The second-order valence-electron chi connectivity index (χ2n) is 10.8. The fourth-order valence-electron chi connectivity index (χ4n) is 5.70. The molecule has 1 N–H and O–H groups in total. The predicted molar refractivity (Wildman–Crippen MR) is 170 cm³/mol. The minimum absolute atomic E-state index is 0.0843. The molecule has 2 atom stereocenters. The molecule has 10 nitrogen and oxygen atoms in total. The number of methoxy groups -OCH3 is 1. The zero-order valence-corrected chi connectivity index (χ0v) is 26.5. The van der Waals surface area contributed by atoms with Crippen LogP contribution < -0.4 is 5.32 Å². The highest BCUT2D eigenvalue weighted by molar-refractivity contribution is 6.30. The van der Waals surface area contributed by atoms with E-state index in [1.54, 1.807) is 24.5 Å². The van der Waals surface area contributed by atoms with Gasteiger partial charge in [-0.1, -0.05) is 29.8 Å². The molecule has 1 aliphatic heterocycles. The smallest absolute Gasteiger partial charge is 0.410 e. The van der Waals surface area contributed by atoms with E-state index in [0.717, 1.165) is 33.7 Å². The van der Waals surface area contributed by atoms with Crippen molar-refractivity contribution in [3.05, 3.63) is 75.7 Å². The number of fused-ring (bicyclic) bond motifs is 2. The Bertz CT molecular complexity index is 1400. The SMILES string of the molecule is C/C=C(\C(NC(=O)COC)C1=Cc2cccnc2C(N2CCN(C(=O)OC(C)C)CC2)c2ccc(Cl)cc21)N(C)/C=N\C. The topological polar surface area (TPSA) is 99.6 Å². The van der Waals surface area contributed by atoms with Crippen LogP contribution in [0.1, 0.15) is 49.2 Å². The number of aromatic nitrogens is 1. The van der Waals surface area contributed by atoms with Gasteiger partial charge in [0.25, 0.3) is 0 Å².